The number of nitrogens with one attached hydrogen (secondary N) is 1. The Labute approximate surface area is 115 Å². The largest absolute Gasteiger partial charge is 0.311 e. The molecule has 0 spiro atoms. The lowest BCUT2D eigenvalue weighted by molar-refractivity contribution is 0.659. The average Bonchev–Trinajstić information content (AvgIpc) is 2.39. The first kappa shape index (κ1) is 13.7. The summed E-state index contributed by atoms with van der Waals surface area (Å²) in [5.74, 6) is 0.890. The van der Waals surface area contributed by atoms with Crippen LogP contribution >= 0.6 is 0 Å². The van der Waals surface area contributed by atoms with Crippen LogP contribution in [0, 0.1) is 6.92 Å². The van der Waals surface area contributed by atoms with E-state index in [0.29, 0.717) is 0 Å². The standard InChI is InChI=1S/C16H21N3/c1-3-8-17-12-15-7-9-18-16(19-15)11-14-6-4-5-13(2)10-14/h4-7,9-10,17H,3,8,11-12H2,1-2H3. The first-order valence-electron chi connectivity index (χ1n) is 6.85. The van der Waals surface area contributed by atoms with Gasteiger partial charge in [0.2, 0.25) is 0 Å². The van der Waals surface area contributed by atoms with Crippen LogP contribution in [-0.4, -0.2) is 16.5 Å². The maximum Gasteiger partial charge on any atom is 0.132 e. The van der Waals surface area contributed by atoms with Crippen molar-refractivity contribution in [3.63, 3.8) is 0 Å². The van der Waals surface area contributed by atoms with E-state index in [0.717, 1.165) is 37.4 Å². The van der Waals surface area contributed by atoms with Gasteiger partial charge in [-0.05, 0) is 31.5 Å². The topological polar surface area (TPSA) is 37.8 Å². The molecular weight excluding hydrogens is 234 g/mol. The molecule has 0 amide bonds. The minimum Gasteiger partial charge on any atom is -0.311 e. The number of nitrogens with zero attached hydrogens (tertiary/aromatic N) is 2. The van der Waals surface area contributed by atoms with Gasteiger partial charge in [0.15, 0.2) is 0 Å². The fourth-order valence-electron chi connectivity index (χ4n) is 2.02. The third-order valence-electron chi connectivity index (χ3n) is 2.94. The molecule has 1 aromatic carbocycles. The van der Waals surface area contributed by atoms with Crippen LogP contribution < -0.4 is 5.32 Å². The molecule has 0 saturated heterocycles. The molecule has 1 N–H and O–H groups in total. The number of aryl methyl sites for hydroxylation is 1. The van der Waals surface area contributed by atoms with Crippen LogP contribution in [-0.2, 0) is 13.0 Å². The van der Waals surface area contributed by atoms with E-state index in [1.165, 1.54) is 11.1 Å². The van der Waals surface area contributed by atoms with Crippen LogP contribution in [0.25, 0.3) is 0 Å². The van der Waals surface area contributed by atoms with E-state index < -0.39 is 0 Å². The van der Waals surface area contributed by atoms with E-state index >= 15 is 0 Å². The van der Waals surface area contributed by atoms with E-state index in [9.17, 15) is 0 Å². The maximum atomic E-state index is 4.60. The van der Waals surface area contributed by atoms with Gasteiger partial charge in [0, 0.05) is 19.2 Å². The Morgan fingerprint density at radius 2 is 2.11 bits per heavy atom. The lowest BCUT2D eigenvalue weighted by Gasteiger charge is -2.05. The first-order valence-corrected chi connectivity index (χ1v) is 6.85. The second-order valence-electron chi connectivity index (χ2n) is 4.81. The Morgan fingerprint density at radius 1 is 1.21 bits per heavy atom. The predicted molar refractivity (Wildman–Crippen MR) is 78.0 cm³/mol. The van der Waals surface area contributed by atoms with E-state index in [1.54, 1.807) is 0 Å². The van der Waals surface area contributed by atoms with Gasteiger partial charge in [0.25, 0.3) is 0 Å². The zero-order valence-electron chi connectivity index (χ0n) is 11.7. The van der Waals surface area contributed by atoms with Crippen molar-refractivity contribution in [3.05, 3.63) is 59.2 Å². The van der Waals surface area contributed by atoms with Crippen molar-refractivity contribution in [2.24, 2.45) is 0 Å². The van der Waals surface area contributed by atoms with Gasteiger partial charge in [0.1, 0.15) is 5.82 Å². The van der Waals surface area contributed by atoms with E-state index in [1.807, 2.05) is 12.3 Å². The normalized spacial score (nSPS) is 10.6. The van der Waals surface area contributed by atoms with Gasteiger partial charge in [-0.25, -0.2) is 9.97 Å². The van der Waals surface area contributed by atoms with Gasteiger partial charge in [-0.1, -0.05) is 36.8 Å². The summed E-state index contributed by atoms with van der Waals surface area (Å²) >= 11 is 0. The quantitative estimate of drug-likeness (QED) is 0.807. The Morgan fingerprint density at radius 3 is 2.89 bits per heavy atom. The molecule has 19 heavy (non-hydrogen) atoms. The summed E-state index contributed by atoms with van der Waals surface area (Å²) in [6.45, 7) is 6.11. The third kappa shape index (κ3) is 4.45. The number of aromatic nitrogens is 2. The number of hydrogen-bond acceptors (Lipinski definition) is 3. The van der Waals surface area contributed by atoms with Crippen LogP contribution in [0.15, 0.2) is 36.5 Å². The molecule has 1 heterocycles. The fourth-order valence-corrected chi connectivity index (χ4v) is 2.02. The molecule has 2 aromatic rings. The Bertz CT molecular complexity index is 523. The van der Waals surface area contributed by atoms with Gasteiger partial charge < -0.3 is 5.32 Å². The second kappa shape index (κ2) is 7.00. The van der Waals surface area contributed by atoms with Crippen molar-refractivity contribution in [3.8, 4) is 0 Å². The van der Waals surface area contributed by atoms with E-state index in [-0.39, 0.29) is 0 Å². The monoisotopic (exact) mass is 255 g/mol. The summed E-state index contributed by atoms with van der Waals surface area (Å²) in [5.41, 5.74) is 3.60. The summed E-state index contributed by atoms with van der Waals surface area (Å²) in [6.07, 6.45) is 3.78. The van der Waals surface area contributed by atoms with Gasteiger partial charge in [-0.15, -0.1) is 0 Å². The molecule has 0 bridgehead atoms. The van der Waals surface area contributed by atoms with Crippen molar-refractivity contribution in [2.45, 2.75) is 33.2 Å². The van der Waals surface area contributed by atoms with Crippen LogP contribution in [0.5, 0.6) is 0 Å². The molecule has 0 fully saturated rings. The third-order valence-corrected chi connectivity index (χ3v) is 2.94. The van der Waals surface area contributed by atoms with Gasteiger partial charge in [-0.3, -0.25) is 0 Å². The summed E-state index contributed by atoms with van der Waals surface area (Å²) < 4.78 is 0. The van der Waals surface area contributed by atoms with Crippen molar-refractivity contribution in [1.29, 1.82) is 0 Å². The van der Waals surface area contributed by atoms with E-state index in [2.05, 4.69) is 53.4 Å². The van der Waals surface area contributed by atoms with E-state index in [4.69, 9.17) is 0 Å². The molecule has 2 rings (SSSR count). The lowest BCUT2D eigenvalue weighted by Crippen LogP contribution is -2.15. The molecule has 100 valence electrons. The predicted octanol–water partition coefficient (Wildman–Crippen LogP) is 2.88. The van der Waals surface area contributed by atoms with Crippen molar-refractivity contribution < 1.29 is 0 Å². The Hall–Kier alpha value is -1.74. The second-order valence-corrected chi connectivity index (χ2v) is 4.81. The van der Waals surface area contributed by atoms with Crippen molar-refractivity contribution in [2.75, 3.05) is 6.54 Å². The minimum atomic E-state index is 0.795. The summed E-state index contributed by atoms with van der Waals surface area (Å²) in [4.78, 5) is 8.95. The molecule has 0 atom stereocenters. The smallest absolute Gasteiger partial charge is 0.132 e. The van der Waals surface area contributed by atoms with Crippen LogP contribution in [0.2, 0.25) is 0 Å². The zero-order chi connectivity index (χ0) is 13.5. The maximum absolute atomic E-state index is 4.60. The highest BCUT2D eigenvalue weighted by molar-refractivity contribution is 5.24. The molecule has 0 unspecified atom stereocenters. The molecule has 0 aliphatic carbocycles. The van der Waals surface area contributed by atoms with Gasteiger partial charge in [0.05, 0.1) is 5.69 Å². The molecular formula is C16H21N3. The molecule has 0 radical (unpaired) electrons. The highest BCUT2D eigenvalue weighted by Gasteiger charge is 2.01. The molecule has 3 nitrogen and oxygen atoms in total. The Kier molecular flexibility index (Phi) is 5.04. The Balaban J connectivity index is 2.02. The van der Waals surface area contributed by atoms with Crippen molar-refractivity contribution in [1.82, 2.24) is 15.3 Å². The SMILES string of the molecule is CCCNCc1ccnc(Cc2cccc(C)c2)n1. The number of rotatable bonds is 6. The van der Waals surface area contributed by atoms with Gasteiger partial charge >= 0.3 is 0 Å². The highest BCUT2D eigenvalue weighted by Crippen LogP contribution is 2.08. The molecule has 1 aromatic heterocycles. The minimum absolute atomic E-state index is 0.795. The van der Waals surface area contributed by atoms with Crippen LogP contribution in [0.1, 0.15) is 36.0 Å². The first-order chi connectivity index (χ1) is 9.28. The summed E-state index contributed by atoms with van der Waals surface area (Å²) in [7, 11) is 0. The summed E-state index contributed by atoms with van der Waals surface area (Å²) in [5, 5.41) is 3.36. The molecule has 0 aliphatic heterocycles. The number of benzene rings is 1. The zero-order valence-corrected chi connectivity index (χ0v) is 11.7. The average molecular weight is 255 g/mol. The van der Waals surface area contributed by atoms with Crippen molar-refractivity contribution >= 4 is 0 Å². The molecule has 3 heteroatoms. The van der Waals surface area contributed by atoms with Gasteiger partial charge in [-0.2, -0.15) is 0 Å². The number of hydrogen-bond donors (Lipinski definition) is 1. The fraction of sp³-hybridized carbons (Fsp3) is 0.375. The molecule has 0 aliphatic rings. The van der Waals surface area contributed by atoms with Crippen LogP contribution in [0.3, 0.4) is 0 Å². The molecule has 0 saturated carbocycles. The lowest BCUT2D eigenvalue weighted by atomic mass is 10.1. The highest BCUT2D eigenvalue weighted by atomic mass is 14.9. The summed E-state index contributed by atoms with van der Waals surface area (Å²) in [6, 6.07) is 10.5. The van der Waals surface area contributed by atoms with Crippen LogP contribution in [0.4, 0.5) is 0 Å².